The van der Waals surface area contributed by atoms with E-state index in [9.17, 15) is 24.3 Å². The molecule has 9 heteroatoms. The monoisotopic (exact) mass is 529 g/mol. The fraction of sp³-hybridized carbons (Fsp3) is 0.172. The molecule has 4 aromatic rings. The summed E-state index contributed by atoms with van der Waals surface area (Å²) < 4.78 is 0. The molecule has 1 heterocycles. The van der Waals surface area contributed by atoms with Crippen LogP contribution in [0.5, 0.6) is 0 Å². The van der Waals surface area contributed by atoms with Crippen molar-refractivity contribution in [1.82, 2.24) is 16.0 Å². The van der Waals surface area contributed by atoms with Gasteiger partial charge in [0.05, 0.1) is 10.9 Å². The topological polar surface area (TPSA) is 125 Å². The molecule has 2 atom stereocenters. The zero-order valence-corrected chi connectivity index (χ0v) is 21.7. The fourth-order valence-electron chi connectivity index (χ4n) is 4.17. The number of nitrogens with one attached hydrogen (secondary N) is 3. The van der Waals surface area contributed by atoms with Crippen molar-refractivity contribution in [3.05, 3.63) is 105 Å². The zero-order chi connectivity index (χ0) is 27.2. The second-order valence-electron chi connectivity index (χ2n) is 8.84. The van der Waals surface area contributed by atoms with E-state index in [1.54, 1.807) is 30.5 Å². The number of amides is 3. The molecular weight excluding hydrogens is 502 g/mol. The molecule has 0 bridgehead atoms. The molecule has 0 saturated heterocycles. The van der Waals surface area contributed by atoms with Crippen LogP contribution >= 0.6 is 11.3 Å². The third-order valence-corrected chi connectivity index (χ3v) is 7.05. The van der Waals surface area contributed by atoms with E-state index in [1.807, 2.05) is 49.4 Å². The molecule has 3 aromatic carbocycles. The summed E-state index contributed by atoms with van der Waals surface area (Å²) in [7, 11) is 0. The van der Waals surface area contributed by atoms with Crippen molar-refractivity contribution in [3.8, 4) is 0 Å². The van der Waals surface area contributed by atoms with Crippen LogP contribution in [0.3, 0.4) is 0 Å². The van der Waals surface area contributed by atoms with Gasteiger partial charge in [0, 0.05) is 17.7 Å². The number of rotatable bonds is 9. The Kier molecular flexibility index (Phi) is 8.18. The van der Waals surface area contributed by atoms with Crippen molar-refractivity contribution < 1.29 is 24.3 Å². The smallest absolute Gasteiger partial charge is 0.328 e. The van der Waals surface area contributed by atoms with E-state index in [2.05, 4.69) is 16.0 Å². The van der Waals surface area contributed by atoms with Gasteiger partial charge in [-0.3, -0.25) is 14.4 Å². The van der Waals surface area contributed by atoms with Crippen LogP contribution in [0.1, 0.15) is 54.5 Å². The second-order valence-corrected chi connectivity index (χ2v) is 9.79. The maximum Gasteiger partial charge on any atom is 0.328 e. The van der Waals surface area contributed by atoms with Crippen molar-refractivity contribution in [1.29, 1.82) is 0 Å². The lowest BCUT2D eigenvalue weighted by Gasteiger charge is -2.18. The molecule has 0 aliphatic rings. The number of hydrogen-bond donors (Lipinski definition) is 4. The first-order chi connectivity index (χ1) is 18.2. The molecule has 0 unspecified atom stereocenters. The van der Waals surface area contributed by atoms with Gasteiger partial charge < -0.3 is 21.1 Å². The van der Waals surface area contributed by atoms with E-state index in [1.165, 1.54) is 23.5 Å². The Bertz CT molecular complexity index is 1490. The van der Waals surface area contributed by atoms with Crippen molar-refractivity contribution in [2.45, 2.75) is 25.9 Å². The number of thiophene rings is 1. The van der Waals surface area contributed by atoms with Gasteiger partial charge in [-0.2, -0.15) is 0 Å². The van der Waals surface area contributed by atoms with E-state index in [4.69, 9.17) is 0 Å². The molecule has 0 saturated carbocycles. The van der Waals surface area contributed by atoms with Crippen LogP contribution in [0.25, 0.3) is 10.8 Å². The summed E-state index contributed by atoms with van der Waals surface area (Å²) in [6.45, 7) is 3.31. The quantitative estimate of drug-likeness (QED) is 0.257. The van der Waals surface area contributed by atoms with Crippen LogP contribution in [0, 0.1) is 6.92 Å². The molecule has 0 aliphatic heterocycles. The van der Waals surface area contributed by atoms with Gasteiger partial charge in [-0.05, 0) is 65.4 Å². The molecular formula is C29H27N3O5S. The van der Waals surface area contributed by atoms with Crippen molar-refractivity contribution in [2.24, 2.45) is 0 Å². The lowest BCUT2D eigenvalue weighted by Crippen LogP contribution is -2.48. The number of fused-ring (bicyclic) bond motifs is 1. The molecule has 194 valence electrons. The summed E-state index contributed by atoms with van der Waals surface area (Å²) in [6.07, 6.45) is 0. The highest BCUT2D eigenvalue weighted by Gasteiger charge is 2.23. The molecule has 0 radical (unpaired) electrons. The van der Waals surface area contributed by atoms with Crippen LogP contribution in [0.4, 0.5) is 0 Å². The third-order valence-electron chi connectivity index (χ3n) is 6.19. The molecule has 4 N–H and O–H groups in total. The highest BCUT2D eigenvalue weighted by Crippen LogP contribution is 2.24. The number of aliphatic carboxylic acids is 1. The largest absolute Gasteiger partial charge is 0.480 e. The Hall–Kier alpha value is -4.50. The maximum absolute atomic E-state index is 13.0. The van der Waals surface area contributed by atoms with Crippen LogP contribution in [-0.2, 0) is 4.79 Å². The maximum atomic E-state index is 13.0. The van der Waals surface area contributed by atoms with Gasteiger partial charge in [0.25, 0.3) is 17.7 Å². The molecule has 3 amide bonds. The molecule has 0 spiro atoms. The summed E-state index contributed by atoms with van der Waals surface area (Å²) in [5.74, 6) is -2.60. The molecule has 4 rings (SSSR count). The summed E-state index contributed by atoms with van der Waals surface area (Å²) in [5, 5.41) is 21.4. The molecule has 38 heavy (non-hydrogen) atoms. The van der Waals surface area contributed by atoms with Gasteiger partial charge in [0.1, 0.15) is 6.04 Å². The second kappa shape index (κ2) is 11.7. The number of carbonyl (C=O) groups excluding carboxylic acids is 3. The first-order valence-corrected chi connectivity index (χ1v) is 12.9. The van der Waals surface area contributed by atoms with Gasteiger partial charge in [0.15, 0.2) is 0 Å². The van der Waals surface area contributed by atoms with E-state index >= 15 is 0 Å². The van der Waals surface area contributed by atoms with Crippen molar-refractivity contribution in [2.75, 3.05) is 6.54 Å². The van der Waals surface area contributed by atoms with E-state index in [0.717, 1.165) is 16.3 Å². The average Bonchev–Trinajstić information content (AvgIpc) is 3.45. The molecule has 8 nitrogen and oxygen atoms in total. The van der Waals surface area contributed by atoms with Crippen LogP contribution in [-0.4, -0.2) is 41.4 Å². The highest BCUT2D eigenvalue weighted by atomic mass is 32.1. The number of carboxylic acids is 1. The fourth-order valence-corrected chi connectivity index (χ4v) is 4.81. The first kappa shape index (κ1) is 26.6. The molecule has 1 aromatic heterocycles. The SMILES string of the molecule is Cc1cc(C(=O)N[C@H](C)c2cccc3ccccc23)ccc1C(=O)N[C@@H](CNC(=O)c1cccs1)C(=O)O. The van der Waals surface area contributed by atoms with Gasteiger partial charge in [-0.1, -0.05) is 48.5 Å². The summed E-state index contributed by atoms with van der Waals surface area (Å²) in [4.78, 5) is 50.1. The minimum atomic E-state index is -1.32. The van der Waals surface area contributed by atoms with E-state index in [-0.39, 0.29) is 24.1 Å². The number of carboxylic acid groups (broad SMARTS) is 1. The van der Waals surface area contributed by atoms with Crippen LogP contribution in [0.2, 0.25) is 0 Å². The van der Waals surface area contributed by atoms with Crippen molar-refractivity contribution >= 4 is 45.8 Å². The lowest BCUT2D eigenvalue weighted by atomic mass is 9.99. The number of hydrogen-bond acceptors (Lipinski definition) is 5. The van der Waals surface area contributed by atoms with Crippen LogP contribution < -0.4 is 16.0 Å². The Morgan fingerprint density at radius 1 is 0.868 bits per heavy atom. The standard InChI is InChI=1S/C29H27N3O5S/c1-17-15-20(26(33)31-18(2)22-10-5-8-19-7-3-4-9-23(19)22)12-13-21(17)27(34)32-24(29(36)37)16-30-28(35)25-11-6-14-38-25/h3-15,18,24H,16H2,1-2H3,(H,30,35)(H,31,33)(H,32,34)(H,36,37)/t18-,24+/m1/s1. The Labute approximate surface area is 223 Å². The summed E-state index contributed by atoms with van der Waals surface area (Å²) in [5.41, 5.74) is 2.12. The number of carbonyl (C=O) groups is 4. The number of aryl methyl sites for hydroxylation is 1. The predicted octanol–water partition coefficient (Wildman–Crippen LogP) is 4.31. The Morgan fingerprint density at radius 3 is 2.34 bits per heavy atom. The minimum Gasteiger partial charge on any atom is -0.480 e. The summed E-state index contributed by atoms with van der Waals surface area (Å²) in [6, 6.07) is 20.3. The van der Waals surface area contributed by atoms with E-state index in [0.29, 0.717) is 16.0 Å². The van der Waals surface area contributed by atoms with Gasteiger partial charge >= 0.3 is 5.97 Å². The molecule has 0 fully saturated rings. The highest BCUT2D eigenvalue weighted by molar-refractivity contribution is 7.12. The van der Waals surface area contributed by atoms with Crippen LogP contribution in [0.15, 0.2) is 78.2 Å². The third kappa shape index (κ3) is 6.07. The predicted molar refractivity (Wildman–Crippen MR) is 147 cm³/mol. The minimum absolute atomic E-state index is 0.236. The lowest BCUT2D eigenvalue weighted by molar-refractivity contribution is -0.139. The van der Waals surface area contributed by atoms with Gasteiger partial charge in [0.2, 0.25) is 0 Å². The van der Waals surface area contributed by atoms with Crippen molar-refractivity contribution in [3.63, 3.8) is 0 Å². The zero-order valence-electron chi connectivity index (χ0n) is 20.9. The van der Waals surface area contributed by atoms with Gasteiger partial charge in [-0.15, -0.1) is 11.3 Å². The molecule has 0 aliphatic carbocycles. The average molecular weight is 530 g/mol. The normalized spacial score (nSPS) is 12.4. The van der Waals surface area contributed by atoms with E-state index < -0.39 is 23.8 Å². The van der Waals surface area contributed by atoms with Gasteiger partial charge in [-0.25, -0.2) is 4.79 Å². The Balaban J connectivity index is 1.41. The summed E-state index contributed by atoms with van der Waals surface area (Å²) >= 11 is 1.23. The first-order valence-electron chi connectivity index (χ1n) is 12.0. The number of benzene rings is 3. The Morgan fingerprint density at radius 2 is 1.63 bits per heavy atom.